The van der Waals surface area contributed by atoms with Crippen molar-refractivity contribution in [1.82, 2.24) is 9.80 Å². The van der Waals surface area contributed by atoms with Crippen LogP contribution < -0.4 is 5.73 Å². The zero-order valence-electron chi connectivity index (χ0n) is 14.9. The second-order valence-electron chi connectivity index (χ2n) is 6.43. The van der Waals surface area contributed by atoms with Crippen molar-refractivity contribution < 1.29 is 4.79 Å². The van der Waals surface area contributed by atoms with Gasteiger partial charge in [-0.05, 0) is 36.2 Å². The molecule has 2 aromatic rings. The Morgan fingerprint density at radius 3 is 2.27 bits per heavy atom. The van der Waals surface area contributed by atoms with E-state index in [2.05, 4.69) is 17.9 Å². The van der Waals surface area contributed by atoms with Crippen LogP contribution in [0.3, 0.4) is 0 Å². The molecule has 1 aliphatic rings. The van der Waals surface area contributed by atoms with Gasteiger partial charge in [-0.15, -0.1) is 12.4 Å². The van der Waals surface area contributed by atoms with E-state index in [4.69, 9.17) is 17.3 Å². The lowest BCUT2D eigenvalue weighted by Gasteiger charge is -2.38. The van der Waals surface area contributed by atoms with Crippen LogP contribution in [0.1, 0.15) is 34.5 Å². The standard InChI is InChI=1S/C20H24ClN3O.ClH/c1-15(18-4-2-3-5-19(18)21)23-10-12-24(13-11-23)20(25)17-8-6-16(14-22)7-9-17;/h2-9,15H,10-14,22H2,1H3;1H. The number of hydrogen-bond acceptors (Lipinski definition) is 3. The highest BCUT2D eigenvalue weighted by Gasteiger charge is 2.26. The van der Waals surface area contributed by atoms with Crippen LogP contribution in [0.25, 0.3) is 0 Å². The normalized spacial score (nSPS) is 16.0. The summed E-state index contributed by atoms with van der Waals surface area (Å²) in [5.74, 6) is 0.0913. The van der Waals surface area contributed by atoms with Gasteiger partial charge in [-0.2, -0.15) is 0 Å². The van der Waals surface area contributed by atoms with Crippen molar-refractivity contribution in [1.29, 1.82) is 0 Å². The molecule has 1 unspecified atom stereocenters. The molecule has 0 radical (unpaired) electrons. The van der Waals surface area contributed by atoms with Crippen molar-refractivity contribution in [3.05, 3.63) is 70.2 Å². The number of carbonyl (C=O) groups excluding carboxylic acids is 1. The summed E-state index contributed by atoms with van der Waals surface area (Å²) in [6.07, 6.45) is 0. The smallest absolute Gasteiger partial charge is 0.253 e. The highest BCUT2D eigenvalue weighted by atomic mass is 35.5. The number of carbonyl (C=O) groups is 1. The highest BCUT2D eigenvalue weighted by molar-refractivity contribution is 6.31. The monoisotopic (exact) mass is 393 g/mol. The fourth-order valence-electron chi connectivity index (χ4n) is 3.29. The molecule has 2 aromatic carbocycles. The van der Waals surface area contributed by atoms with Crippen LogP contribution in [0, 0.1) is 0 Å². The molecule has 1 amide bonds. The van der Waals surface area contributed by atoms with Gasteiger partial charge in [0.2, 0.25) is 0 Å². The van der Waals surface area contributed by atoms with E-state index in [1.807, 2.05) is 47.4 Å². The fourth-order valence-corrected chi connectivity index (χ4v) is 3.58. The highest BCUT2D eigenvalue weighted by Crippen LogP contribution is 2.28. The first-order chi connectivity index (χ1) is 12.1. The molecule has 6 heteroatoms. The van der Waals surface area contributed by atoms with Gasteiger partial charge >= 0.3 is 0 Å². The number of amides is 1. The van der Waals surface area contributed by atoms with Crippen LogP contribution in [0.5, 0.6) is 0 Å². The number of piperazine rings is 1. The quantitative estimate of drug-likeness (QED) is 0.860. The Kier molecular flexibility index (Phi) is 7.47. The molecule has 0 bridgehead atoms. The first-order valence-corrected chi connectivity index (χ1v) is 9.04. The number of benzene rings is 2. The Labute approximate surface area is 166 Å². The summed E-state index contributed by atoms with van der Waals surface area (Å²) in [6, 6.07) is 15.8. The summed E-state index contributed by atoms with van der Waals surface area (Å²) in [5.41, 5.74) is 8.51. The van der Waals surface area contributed by atoms with Crippen LogP contribution in [0.15, 0.2) is 48.5 Å². The number of halogens is 2. The Bertz CT molecular complexity index is 728. The summed E-state index contributed by atoms with van der Waals surface area (Å²) in [6.45, 7) is 5.81. The van der Waals surface area contributed by atoms with Gasteiger partial charge < -0.3 is 10.6 Å². The van der Waals surface area contributed by atoms with E-state index in [0.29, 0.717) is 6.54 Å². The largest absolute Gasteiger partial charge is 0.336 e. The minimum atomic E-state index is 0. The van der Waals surface area contributed by atoms with E-state index in [-0.39, 0.29) is 24.4 Å². The van der Waals surface area contributed by atoms with Gasteiger partial charge in [-0.1, -0.05) is 41.9 Å². The van der Waals surface area contributed by atoms with Crippen molar-refractivity contribution in [3.63, 3.8) is 0 Å². The first kappa shape index (κ1) is 20.7. The van der Waals surface area contributed by atoms with Crippen molar-refractivity contribution in [2.24, 2.45) is 5.73 Å². The van der Waals surface area contributed by atoms with Gasteiger partial charge in [-0.25, -0.2) is 0 Å². The Morgan fingerprint density at radius 2 is 1.69 bits per heavy atom. The summed E-state index contributed by atoms with van der Waals surface area (Å²) < 4.78 is 0. The zero-order valence-corrected chi connectivity index (χ0v) is 16.5. The van der Waals surface area contributed by atoms with Crippen LogP contribution in [-0.2, 0) is 6.54 Å². The van der Waals surface area contributed by atoms with E-state index in [0.717, 1.165) is 47.9 Å². The second-order valence-corrected chi connectivity index (χ2v) is 6.83. The van der Waals surface area contributed by atoms with Gasteiger partial charge in [0.1, 0.15) is 0 Å². The maximum Gasteiger partial charge on any atom is 0.253 e. The third-order valence-corrected chi connectivity index (χ3v) is 5.29. The number of nitrogens with two attached hydrogens (primary N) is 1. The van der Waals surface area contributed by atoms with Crippen molar-refractivity contribution in [2.45, 2.75) is 19.5 Å². The number of rotatable bonds is 4. The van der Waals surface area contributed by atoms with Gasteiger partial charge in [-0.3, -0.25) is 9.69 Å². The molecular formula is C20H25Cl2N3O. The lowest BCUT2D eigenvalue weighted by atomic mass is 10.1. The fraction of sp³-hybridized carbons (Fsp3) is 0.350. The average Bonchev–Trinajstić information content (AvgIpc) is 2.67. The van der Waals surface area contributed by atoms with Crippen LogP contribution in [-0.4, -0.2) is 41.9 Å². The third-order valence-electron chi connectivity index (χ3n) is 4.94. The van der Waals surface area contributed by atoms with E-state index >= 15 is 0 Å². The number of nitrogens with zero attached hydrogens (tertiary/aromatic N) is 2. The second kappa shape index (κ2) is 9.38. The topological polar surface area (TPSA) is 49.6 Å². The lowest BCUT2D eigenvalue weighted by molar-refractivity contribution is 0.0582. The Morgan fingerprint density at radius 1 is 1.08 bits per heavy atom. The van der Waals surface area contributed by atoms with Crippen LogP contribution in [0.4, 0.5) is 0 Å². The van der Waals surface area contributed by atoms with Crippen molar-refractivity contribution in [2.75, 3.05) is 26.2 Å². The molecule has 140 valence electrons. The molecule has 0 saturated carbocycles. The summed E-state index contributed by atoms with van der Waals surface area (Å²) in [4.78, 5) is 17.0. The van der Waals surface area contributed by atoms with Gasteiger partial charge in [0.15, 0.2) is 0 Å². The Hall–Kier alpha value is -1.59. The minimum Gasteiger partial charge on any atom is -0.336 e. The molecular weight excluding hydrogens is 369 g/mol. The summed E-state index contributed by atoms with van der Waals surface area (Å²) in [5, 5.41) is 0.800. The predicted molar refractivity (Wildman–Crippen MR) is 109 cm³/mol. The van der Waals surface area contributed by atoms with E-state index in [9.17, 15) is 4.79 Å². The van der Waals surface area contributed by atoms with Gasteiger partial charge in [0.25, 0.3) is 5.91 Å². The maximum atomic E-state index is 12.7. The summed E-state index contributed by atoms with van der Waals surface area (Å²) >= 11 is 6.32. The molecule has 1 fully saturated rings. The number of hydrogen-bond donors (Lipinski definition) is 1. The lowest BCUT2D eigenvalue weighted by Crippen LogP contribution is -2.49. The molecule has 0 aliphatic carbocycles. The SMILES string of the molecule is CC(c1ccccc1Cl)N1CCN(C(=O)c2ccc(CN)cc2)CC1.Cl. The molecule has 3 rings (SSSR count). The van der Waals surface area contributed by atoms with Crippen molar-refractivity contribution in [3.8, 4) is 0 Å². The molecule has 0 spiro atoms. The summed E-state index contributed by atoms with van der Waals surface area (Å²) in [7, 11) is 0. The molecule has 1 saturated heterocycles. The van der Waals surface area contributed by atoms with Crippen molar-refractivity contribution >= 4 is 29.9 Å². The maximum absolute atomic E-state index is 12.7. The molecule has 26 heavy (non-hydrogen) atoms. The molecule has 1 aliphatic heterocycles. The van der Waals surface area contributed by atoms with Crippen LogP contribution in [0.2, 0.25) is 5.02 Å². The van der Waals surface area contributed by atoms with E-state index < -0.39 is 0 Å². The first-order valence-electron chi connectivity index (χ1n) is 8.67. The molecule has 1 heterocycles. The van der Waals surface area contributed by atoms with Gasteiger partial charge in [0.05, 0.1) is 0 Å². The molecule has 1 atom stereocenters. The molecule has 2 N–H and O–H groups in total. The minimum absolute atomic E-state index is 0. The zero-order chi connectivity index (χ0) is 17.8. The molecule has 4 nitrogen and oxygen atoms in total. The van der Waals surface area contributed by atoms with Gasteiger partial charge in [0, 0.05) is 49.4 Å². The third kappa shape index (κ3) is 4.57. The Balaban J connectivity index is 0.00000243. The predicted octanol–water partition coefficient (Wildman–Crippen LogP) is 3.74. The van der Waals surface area contributed by atoms with E-state index in [1.54, 1.807) is 0 Å². The van der Waals surface area contributed by atoms with Crippen LogP contribution >= 0.6 is 24.0 Å². The average molecular weight is 394 g/mol. The molecule has 0 aromatic heterocycles. The van der Waals surface area contributed by atoms with E-state index in [1.165, 1.54) is 0 Å².